The number of phenolic OH excluding ortho intramolecular Hbond substituents is 1. The zero-order valence-electron chi connectivity index (χ0n) is 33.5. The molecule has 1 fully saturated rings. The summed E-state index contributed by atoms with van der Waals surface area (Å²) in [6.45, 7) is -0.831. The smallest absolute Gasteiger partial charge is 0.245 e. The number of ether oxygens (including phenoxy) is 2. The monoisotopic (exact) mass is 910 g/mol. The molecule has 0 spiro atoms. The Morgan fingerprint density at radius 1 is 0.710 bits per heavy atom. The van der Waals surface area contributed by atoms with Crippen molar-refractivity contribution < 1.29 is 68.6 Å². The van der Waals surface area contributed by atoms with Gasteiger partial charge in [0.05, 0.1) is 31.8 Å². The van der Waals surface area contributed by atoms with Crippen LogP contribution in [-0.4, -0.2) is 165 Å². The molecule has 15 N–H and O–H groups in total. The third-order valence-electron chi connectivity index (χ3n) is 9.40. The molecule has 0 aromatic heterocycles. The van der Waals surface area contributed by atoms with Gasteiger partial charge in [0.25, 0.3) is 0 Å². The van der Waals surface area contributed by atoms with E-state index in [0.29, 0.717) is 11.1 Å². The summed E-state index contributed by atoms with van der Waals surface area (Å²) in [6.07, 6.45) is -9.91. The van der Waals surface area contributed by atoms with Gasteiger partial charge in [0, 0.05) is 17.9 Å². The van der Waals surface area contributed by atoms with Crippen molar-refractivity contribution in [2.75, 3.05) is 31.2 Å². The molecular weight excluding hydrogens is 857 g/mol. The summed E-state index contributed by atoms with van der Waals surface area (Å²) < 4.78 is 11.0. The van der Waals surface area contributed by atoms with Crippen molar-refractivity contribution in [3.05, 3.63) is 65.7 Å². The van der Waals surface area contributed by atoms with E-state index in [1.165, 1.54) is 19.1 Å². The highest BCUT2D eigenvalue weighted by molar-refractivity contribution is 7.80. The number of carbonyl (C=O) groups excluding carboxylic acids is 7. The van der Waals surface area contributed by atoms with Gasteiger partial charge in [-0.15, -0.1) is 0 Å². The van der Waals surface area contributed by atoms with Gasteiger partial charge in [-0.2, -0.15) is 25.3 Å². The number of phenols is 1. The minimum Gasteiger partial charge on any atom is -0.508 e. The number of thiol groups is 2. The molecule has 0 bridgehead atoms. The first kappa shape index (κ1) is 51.3. The largest absolute Gasteiger partial charge is 0.508 e. The van der Waals surface area contributed by atoms with Gasteiger partial charge in [0.1, 0.15) is 54.3 Å². The SMILES string of the molecule is C[C@@H](O[C@@H]1O[C@H](CO)[C@@H](O)[C@H](O)[C@H]1O)[C@H](NC(=O)[C@@H](CS)NC(=O)[C@H](Cc1ccccc1)NC(=O)CNC(=O)[C@@H](CS)NC(=O)[C@@H](N)Cc1ccc(O)cc1)C(=O)NCC(N)=O. The summed E-state index contributed by atoms with van der Waals surface area (Å²) in [5.74, 6) is -6.60. The van der Waals surface area contributed by atoms with Gasteiger partial charge in [-0.05, 0) is 36.6 Å². The number of rotatable bonds is 23. The Kier molecular flexibility index (Phi) is 20.8. The highest BCUT2D eigenvalue weighted by atomic mass is 32.1. The van der Waals surface area contributed by atoms with E-state index < -0.39 is 128 Å². The highest BCUT2D eigenvalue weighted by Gasteiger charge is 2.46. The Morgan fingerprint density at radius 2 is 1.27 bits per heavy atom. The Balaban J connectivity index is 1.70. The highest BCUT2D eigenvalue weighted by Crippen LogP contribution is 2.23. The van der Waals surface area contributed by atoms with E-state index in [4.69, 9.17) is 20.9 Å². The Bertz CT molecular complexity index is 1830. The van der Waals surface area contributed by atoms with Crippen LogP contribution >= 0.6 is 25.3 Å². The van der Waals surface area contributed by atoms with Gasteiger partial charge in [-0.3, -0.25) is 33.6 Å². The van der Waals surface area contributed by atoms with Crippen LogP contribution in [0.1, 0.15) is 18.1 Å². The topological polar surface area (TPSA) is 363 Å². The van der Waals surface area contributed by atoms with Crippen LogP contribution in [0.4, 0.5) is 0 Å². The maximum Gasteiger partial charge on any atom is 0.245 e. The third-order valence-corrected chi connectivity index (χ3v) is 10.1. The molecule has 2 aromatic rings. The first-order valence-electron chi connectivity index (χ1n) is 19.2. The second kappa shape index (κ2) is 25.2. The zero-order chi connectivity index (χ0) is 46.1. The quantitative estimate of drug-likeness (QED) is 0.0462. The van der Waals surface area contributed by atoms with E-state index in [1.54, 1.807) is 42.5 Å². The number of primary amides is 1. The molecule has 1 aliphatic heterocycles. The summed E-state index contributed by atoms with van der Waals surface area (Å²) in [5, 5.41) is 64.2. The molecule has 3 rings (SSSR count). The van der Waals surface area contributed by atoms with Crippen molar-refractivity contribution in [3.63, 3.8) is 0 Å². The van der Waals surface area contributed by atoms with E-state index >= 15 is 0 Å². The van der Waals surface area contributed by atoms with Crippen LogP contribution in [0.15, 0.2) is 54.6 Å². The van der Waals surface area contributed by atoms with Crippen LogP contribution in [0.5, 0.6) is 5.75 Å². The van der Waals surface area contributed by atoms with E-state index in [0.717, 1.165) is 0 Å². The lowest BCUT2D eigenvalue weighted by Crippen LogP contribution is -2.63. The Labute approximate surface area is 367 Å². The van der Waals surface area contributed by atoms with Crippen molar-refractivity contribution in [3.8, 4) is 5.75 Å². The first-order valence-corrected chi connectivity index (χ1v) is 20.4. The molecule has 0 radical (unpaired) electrons. The average molecular weight is 911 g/mol. The summed E-state index contributed by atoms with van der Waals surface area (Å²) in [6, 6.07) is 7.74. The second-order valence-electron chi connectivity index (χ2n) is 14.2. The van der Waals surface area contributed by atoms with Crippen molar-refractivity contribution in [1.82, 2.24) is 31.9 Å². The van der Waals surface area contributed by atoms with Gasteiger partial charge in [-0.25, -0.2) is 0 Å². The van der Waals surface area contributed by atoms with Crippen molar-refractivity contribution in [1.29, 1.82) is 0 Å². The number of benzene rings is 2. The maximum absolute atomic E-state index is 13.8. The Hall–Kier alpha value is -5.05. The fraction of sp³-hybridized carbons (Fsp3) is 0.500. The summed E-state index contributed by atoms with van der Waals surface area (Å²) in [4.78, 5) is 90.9. The minimum absolute atomic E-state index is 0.0355. The van der Waals surface area contributed by atoms with Crippen molar-refractivity contribution in [2.45, 2.75) is 86.8 Å². The molecule has 62 heavy (non-hydrogen) atoms. The molecule has 342 valence electrons. The number of hydrogen-bond acceptors (Lipinski definition) is 17. The maximum atomic E-state index is 13.8. The number of nitrogens with one attached hydrogen (secondary N) is 6. The fourth-order valence-corrected chi connectivity index (χ4v) is 6.43. The number of nitrogens with two attached hydrogens (primary N) is 2. The zero-order valence-corrected chi connectivity index (χ0v) is 35.2. The van der Waals surface area contributed by atoms with Crippen LogP contribution in [-0.2, 0) is 55.9 Å². The molecule has 24 heteroatoms. The lowest BCUT2D eigenvalue weighted by Gasteiger charge is -2.41. The van der Waals surface area contributed by atoms with Gasteiger partial charge in [0.2, 0.25) is 41.4 Å². The molecule has 1 heterocycles. The number of amides is 7. The number of aliphatic hydroxyl groups is 4. The number of hydrogen-bond donors (Lipinski definition) is 15. The average Bonchev–Trinajstić information content (AvgIpc) is 3.25. The molecule has 22 nitrogen and oxygen atoms in total. The molecule has 0 aliphatic carbocycles. The van der Waals surface area contributed by atoms with Crippen LogP contribution in [0.2, 0.25) is 0 Å². The first-order chi connectivity index (χ1) is 29.4. The van der Waals surface area contributed by atoms with Crippen LogP contribution in [0.3, 0.4) is 0 Å². The molecular formula is C38H54N8O14S2. The molecule has 11 atom stereocenters. The fourth-order valence-electron chi connectivity index (χ4n) is 5.92. The summed E-state index contributed by atoms with van der Waals surface area (Å²) >= 11 is 8.31. The summed E-state index contributed by atoms with van der Waals surface area (Å²) in [5.41, 5.74) is 12.4. The van der Waals surface area contributed by atoms with Crippen LogP contribution in [0, 0.1) is 0 Å². The van der Waals surface area contributed by atoms with Crippen LogP contribution < -0.4 is 43.4 Å². The van der Waals surface area contributed by atoms with Crippen molar-refractivity contribution in [2.24, 2.45) is 11.5 Å². The van der Waals surface area contributed by atoms with E-state index in [2.05, 4.69) is 57.2 Å². The van der Waals surface area contributed by atoms with E-state index in [1.807, 2.05) is 0 Å². The number of carbonyl (C=O) groups is 7. The molecule has 0 saturated carbocycles. The minimum atomic E-state index is -1.87. The normalized spacial score (nSPS) is 21.4. The lowest BCUT2D eigenvalue weighted by molar-refractivity contribution is -0.311. The molecule has 7 amide bonds. The standard InChI is InChI=1S/C38H54N8O14S2/c1-18(59-38-32(53)31(52)30(51)26(15-47)60-38)29(37(58)41-13-27(40)49)46-36(57)25(17-62)45-35(56)23(12-19-5-3-2-4-6-19)43-28(50)14-42-34(55)24(16-61)44-33(54)22(39)11-20-7-9-21(48)10-8-20/h2-10,18,22-26,29-32,38,47-48,51-53,61-62H,11-17,39H2,1H3,(H2,40,49)(H,41,58)(H,42,55)(H,43,50)(H,44,54)(H,45,56)(H,46,57)/t18-,22+,23+,24-,25-,26-,29+,30-,31+,32-,38-/m1/s1. The molecule has 1 saturated heterocycles. The number of aromatic hydroxyl groups is 1. The number of aliphatic hydroxyl groups excluding tert-OH is 4. The molecule has 1 aliphatic rings. The predicted molar refractivity (Wildman–Crippen MR) is 225 cm³/mol. The van der Waals surface area contributed by atoms with E-state index in [9.17, 15) is 59.1 Å². The summed E-state index contributed by atoms with van der Waals surface area (Å²) in [7, 11) is 0. The Morgan fingerprint density at radius 3 is 1.87 bits per heavy atom. The van der Waals surface area contributed by atoms with Gasteiger partial charge >= 0.3 is 0 Å². The third kappa shape index (κ3) is 15.7. The van der Waals surface area contributed by atoms with Gasteiger partial charge in [0.15, 0.2) is 6.29 Å². The molecule has 2 aromatic carbocycles. The van der Waals surface area contributed by atoms with Gasteiger partial charge in [-0.1, -0.05) is 42.5 Å². The van der Waals surface area contributed by atoms with E-state index in [-0.39, 0.29) is 30.1 Å². The second-order valence-corrected chi connectivity index (χ2v) is 14.9. The molecule has 0 unspecified atom stereocenters. The predicted octanol–water partition coefficient (Wildman–Crippen LogP) is -5.77. The van der Waals surface area contributed by atoms with Crippen LogP contribution in [0.25, 0.3) is 0 Å². The van der Waals surface area contributed by atoms with Gasteiger partial charge < -0.3 is 78.4 Å². The lowest BCUT2D eigenvalue weighted by atomic mass is 9.99. The van der Waals surface area contributed by atoms with Crippen molar-refractivity contribution >= 4 is 66.6 Å².